The van der Waals surface area contributed by atoms with Gasteiger partial charge in [-0.25, -0.2) is 4.98 Å². The Morgan fingerprint density at radius 3 is 2.37 bits per heavy atom. The van der Waals surface area contributed by atoms with Crippen LogP contribution in [-0.4, -0.2) is 40.4 Å². The number of carbonyl (C=O) groups is 3. The zero-order chi connectivity index (χ0) is 24.5. The van der Waals surface area contributed by atoms with Crippen LogP contribution in [0.5, 0.6) is 0 Å². The first kappa shape index (κ1) is 22.8. The Bertz CT molecular complexity index is 1420. The van der Waals surface area contributed by atoms with Crippen LogP contribution in [0.15, 0.2) is 78.9 Å². The molecule has 5 rings (SSSR count). The van der Waals surface area contributed by atoms with Gasteiger partial charge in [-0.05, 0) is 48.9 Å². The van der Waals surface area contributed by atoms with Crippen LogP contribution in [0.1, 0.15) is 28.9 Å². The maximum atomic E-state index is 13.9. The first-order valence-corrected chi connectivity index (χ1v) is 11.7. The highest BCUT2D eigenvalue weighted by Gasteiger charge is 2.48. The molecule has 0 radical (unpaired) electrons. The van der Waals surface area contributed by atoms with Crippen LogP contribution < -0.4 is 4.90 Å². The number of benzene rings is 3. The lowest BCUT2D eigenvalue weighted by Crippen LogP contribution is -2.51. The third-order valence-corrected chi connectivity index (χ3v) is 6.35. The van der Waals surface area contributed by atoms with E-state index in [1.807, 2.05) is 59.2 Å². The Hall–Kier alpha value is -3.97. The molecule has 1 aliphatic heterocycles. The second-order valence-electron chi connectivity index (χ2n) is 8.21. The molecule has 176 valence electrons. The molecule has 0 aliphatic carbocycles. The molecule has 0 saturated carbocycles. The van der Waals surface area contributed by atoms with Crippen molar-refractivity contribution in [3.05, 3.63) is 95.0 Å². The highest BCUT2D eigenvalue weighted by molar-refractivity contribution is 6.30. The number of halogens is 1. The standard InChI is InChI=1S/C27H22ClN3O4/c1-2-35-26(34)23-24(18-8-4-3-5-9-18)31-21-11-7-6-10-20(21)29-27(31)30(25(23)33)16-22(32)17-12-14-19(28)15-13-17/h3-15,23-24H,2,16H2,1H3/t23-,24+/m0/s1. The average molecular weight is 488 g/mol. The van der Waals surface area contributed by atoms with Crippen molar-refractivity contribution < 1.29 is 19.1 Å². The summed E-state index contributed by atoms with van der Waals surface area (Å²) in [7, 11) is 0. The lowest BCUT2D eigenvalue weighted by atomic mass is 9.89. The monoisotopic (exact) mass is 487 g/mol. The van der Waals surface area contributed by atoms with Gasteiger partial charge in [0.2, 0.25) is 11.9 Å². The van der Waals surface area contributed by atoms with Gasteiger partial charge < -0.3 is 9.30 Å². The summed E-state index contributed by atoms with van der Waals surface area (Å²) in [6.45, 7) is 1.55. The Labute approximate surface area is 206 Å². The molecule has 2 heterocycles. The van der Waals surface area contributed by atoms with Crippen molar-refractivity contribution in [3.63, 3.8) is 0 Å². The summed E-state index contributed by atoms with van der Waals surface area (Å²) in [6.07, 6.45) is 0. The minimum atomic E-state index is -1.18. The van der Waals surface area contributed by atoms with E-state index in [0.29, 0.717) is 22.1 Å². The Kier molecular flexibility index (Phi) is 6.09. The van der Waals surface area contributed by atoms with E-state index < -0.39 is 23.8 Å². The summed E-state index contributed by atoms with van der Waals surface area (Å²) in [5.41, 5.74) is 2.58. The van der Waals surface area contributed by atoms with Crippen molar-refractivity contribution in [2.45, 2.75) is 13.0 Å². The van der Waals surface area contributed by atoms with E-state index in [1.54, 1.807) is 31.2 Å². The molecule has 1 amide bonds. The molecule has 0 spiro atoms. The normalized spacial score (nSPS) is 17.3. The molecule has 3 aromatic carbocycles. The number of imidazole rings is 1. The molecular formula is C27H22ClN3O4. The number of ketones is 1. The van der Waals surface area contributed by atoms with Gasteiger partial charge in [-0.3, -0.25) is 19.3 Å². The number of rotatable bonds is 6. The van der Waals surface area contributed by atoms with E-state index in [0.717, 1.165) is 11.1 Å². The van der Waals surface area contributed by atoms with Gasteiger partial charge in [0, 0.05) is 10.6 Å². The maximum Gasteiger partial charge on any atom is 0.321 e. The summed E-state index contributed by atoms with van der Waals surface area (Å²) in [5.74, 6) is -2.33. The number of anilines is 1. The van der Waals surface area contributed by atoms with Crippen molar-refractivity contribution in [2.24, 2.45) is 5.92 Å². The number of carbonyl (C=O) groups excluding carboxylic acids is 3. The predicted molar refractivity (Wildman–Crippen MR) is 133 cm³/mol. The molecule has 2 atom stereocenters. The van der Waals surface area contributed by atoms with Crippen molar-refractivity contribution >= 4 is 46.2 Å². The lowest BCUT2D eigenvalue weighted by Gasteiger charge is -2.37. The maximum absolute atomic E-state index is 13.9. The number of nitrogens with zero attached hydrogens (tertiary/aromatic N) is 3. The number of esters is 1. The number of hydrogen-bond donors (Lipinski definition) is 0. The minimum Gasteiger partial charge on any atom is -0.465 e. The van der Waals surface area contributed by atoms with Crippen LogP contribution in [0.2, 0.25) is 5.02 Å². The van der Waals surface area contributed by atoms with Gasteiger partial charge >= 0.3 is 5.97 Å². The van der Waals surface area contributed by atoms with Gasteiger partial charge in [0.25, 0.3) is 0 Å². The number of aromatic nitrogens is 2. The zero-order valence-electron chi connectivity index (χ0n) is 18.9. The second kappa shape index (κ2) is 9.35. The third kappa shape index (κ3) is 4.08. The fraction of sp³-hybridized carbons (Fsp3) is 0.185. The van der Waals surface area contributed by atoms with Gasteiger partial charge in [0.15, 0.2) is 11.7 Å². The van der Waals surface area contributed by atoms with E-state index >= 15 is 0 Å². The van der Waals surface area contributed by atoms with Gasteiger partial charge in [-0.1, -0.05) is 54.1 Å². The van der Waals surface area contributed by atoms with Gasteiger partial charge in [-0.2, -0.15) is 0 Å². The van der Waals surface area contributed by atoms with Crippen LogP contribution in [0.3, 0.4) is 0 Å². The van der Waals surface area contributed by atoms with Crippen molar-refractivity contribution in [1.82, 2.24) is 9.55 Å². The molecule has 0 saturated heterocycles. The topological polar surface area (TPSA) is 81.5 Å². The molecular weight excluding hydrogens is 466 g/mol. The van der Waals surface area contributed by atoms with Gasteiger partial charge in [0.1, 0.15) is 0 Å². The largest absolute Gasteiger partial charge is 0.465 e. The van der Waals surface area contributed by atoms with Crippen LogP contribution >= 0.6 is 11.6 Å². The van der Waals surface area contributed by atoms with E-state index in [4.69, 9.17) is 21.3 Å². The summed E-state index contributed by atoms with van der Waals surface area (Å²) in [4.78, 5) is 46.2. The molecule has 7 nitrogen and oxygen atoms in total. The molecule has 35 heavy (non-hydrogen) atoms. The number of fused-ring (bicyclic) bond motifs is 3. The zero-order valence-corrected chi connectivity index (χ0v) is 19.7. The van der Waals surface area contributed by atoms with Gasteiger partial charge in [0.05, 0.1) is 30.2 Å². The summed E-state index contributed by atoms with van der Waals surface area (Å²) < 4.78 is 7.20. The number of ether oxygens (including phenoxy) is 1. The van der Waals surface area contributed by atoms with Crippen LogP contribution in [0, 0.1) is 5.92 Å². The summed E-state index contributed by atoms with van der Waals surface area (Å²) in [5, 5.41) is 0.505. The average Bonchev–Trinajstić information content (AvgIpc) is 3.25. The molecule has 0 unspecified atom stereocenters. The third-order valence-electron chi connectivity index (χ3n) is 6.09. The van der Waals surface area contributed by atoms with Crippen LogP contribution in [0.4, 0.5) is 5.95 Å². The second-order valence-corrected chi connectivity index (χ2v) is 8.65. The molecule has 0 fully saturated rings. The predicted octanol–water partition coefficient (Wildman–Crippen LogP) is 4.69. The molecule has 4 aromatic rings. The number of hydrogen-bond acceptors (Lipinski definition) is 5. The van der Waals surface area contributed by atoms with Crippen molar-refractivity contribution in [2.75, 3.05) is 18.1 Å². The first-order valence-electron chi connectivity index (χ1n) is 11.3. The molecule has 1 aliphatic rings. The molecule has 0 bridgehead atoms. The van der Waals surface area contributed by atoms with E-state index in [2.05, 4.69) is 0 Å². The minimum absolute atomic E-state index is 0.130. The Balaban J connectivity index is 1.68. The highest BCUT2D eigenvalue weighted by atomic mass is 35.5. The Morgan fingerprint density at radius 2 is 1.66 bits per heavy atom. The van der Waals surface area contributed by atoms with E-state index in [9.17, 15) is 14.4 Å². The first-order chi connectivity index (χ1) is 17.0. The number of para-hydroxylation sites is 2. The molecule has 1 aromatic heterocycles. The smallest absolute Gasteiger partial charge is 0.321 e. The van der Waals surface area contributed by atoms with Crippen molar-refractivity contribution in [1.29, 1.82) is 0 Å². The fourth-order valence-electron chi connectivity index (χ4n) is 4.52. The molecule has 8 heteroatoms. The number of Topliss-reactive ketones (excluding diaryl/α,β-unsaturated/α-hetero) is 1. The summed E-state index contributed by atoms with van der Waals surface area (Å²) >= 11 is 5.96. The van der Waals surface area contributed by atoms with E-state index in [1.165, 1.54) is 4.90 Å². The fourth-order valence-corrected chi connectivity index (χ4v) is 4.65. The van der Waals surface area contributed by atoms with Crippen LogP contribution in [0.25, 0.3) is 11.0 Å². The van der Waals surface area contributed by atoms with E-state index in [-0.39, 0.29) is 18.9 Å². The van der Waals surface area contributed by atoms with Crippen molar-refractivity contribution in [3.8, 4) is 0 Å². The lowest BCUT2D eigenvalue weighted by molar-refractivity contribution is -0.153. The highest BCUT2D eigenvalue weighted by Crippen LogP contribution is 2.41. The molecule has 0 N–H and O–H groups in total. The Morgan fingerprint density at radius 1 is 0.971 bits per heavy atom. The summed E-state index contributed by atoms with van der Waals surface area (Å²) in [6, 6.07) is 22.6. The number of amides is 1. The van der Waals surface area contributed by atoms with Crippen LogP contribution in [-0.2, 0) is 14.3 Å². The quantitative estimate of drug-likeness (QED) is 0.224. The van der Waals surface area contributed by atoms with Gasteiger partial charge in [-0.15, -0.1) is 0 Å². The SMILES string of the molecule is CCOC(=O)[C@@H]1C(=O)N(CC(=O)c2ccc(Cl)cc2)c2nc3ccccc3n2[C@@H]1c1ccccc1.